The summed E-state index contributed by atoms with van der Waals surface area (Å²) in [6, 6.07) is 7.21. The van der Waals surface area contributed by atoms with Crippen LogP contribution in [0.25, 0.3) is 10.9 Å². The lowest BCUT2D eigenvalue weighted by Crippen LogP contribution is -2.14. The summed E-state index contributed by atoms with van der Waals surface area (Å²) in [5.41, 5.74) is 7.33. The molecule has 0 amide bonds. The van der Waals surface area contributed by atoms with Crippen molar-refractivity contribution in [1.82, 2.24) is 9.55 Å². The number of pyridine rings is 2. The maximum atomic E-state index is 15.0. The van der Waals surface area contributed by atoms with E-state index in [2.05, 4.69) is 10.3 Å². The number of rotatable bonds is 5. The van der Waals surface area contributed by atoms with E-state index < -0.39 is 5.82 Å². The third kappa shape index (κ3) is 3.20. The average molecular weight is 368 g/mol. The van der Waals surface area contributed by atoms with Gasteiger partial charge in [-0.1, -0.05) is 6.07 Å². The van der Waals surface area contributed by atoms with Gasteiger partial charge in [0.1, 0.15) is 5.69 Å². The van der Waals surface area contributed by atoms with E-state index in [0.29, 0.717) is 31.0 Å². The highest BCUT2D eigenvalue weighted by Gasteiger charge is 2.24. The van der Waals surface area contributed by atoms with Crippen LogP contribution in [0.5, 0.6) is 5.75 Å². The Hall–Kier alpha value is -3.09. The monoisotopic (exact) mass is 368 g/mol. The predicted octanol–water partition coefficient (Wildman–Crippen LogP) is 2.95. The van der Waals surface area contributed by atoms with Gasteiger partial charge in [0, 0.05) is 37.2 Å². The molecule has 6 nitrogen and oxygen atoms in total. The number of nitrogens with zero attached hydrogens (tertiary/aromatic N) is 2. The van der Waals surface area contributed by atoms with Crippen LogP contribution in [0.4, 0.5) is 15.8 Å². The first kappa shape index (κ1) is 17.3. The number of nitrogens with two attached hydrogens (primary N) is 1. The number of hydrogen-bond donors (Lipinski definition) is 2. The Labute approximate surface area is 155 Å². The summed E-state index contributed by atoms with van der Waals surface area (Å²) in [5, 5.41) is 3.31. The summed E-state index contributed by atoms with van der Waals surface area (Å²) in [6.07, 6.45) is 5.79. The van der Waals surface area contributed by atoms with Crippen LogP contribution in [-0.2, 0) is 13.0 Å². The van der Waals surface area contributed by atoms with Gasteiger partial charge in [0.25, 0.3) is 0 Å². The van der Waals surface area contributed by atoms with E-state index in [1.807, 2.05) is 22.8 Å². The van der Waals surface area contributed by atoms with Gasteiger partial charge in [-0.15, -0.1) is 0 Å². The number of hydrogen-bond acceptors (Lipinski definition) is 5. The van der Waals surface area contributed by atoms with Crippen molar-refractivity contribution in [1.29, 1.82) is 0 Å². The van der Waals surface area contributed by atoms with Crippen LogP contribution in [-0.4, -0.2) is 22.7 Å². The van der Waals surface area contributed by atoms with Gasteiger partial charge in [-0.25, -0.2) is 4.39 Å². The first-order chi connectivity index (χ1) is 13.2. The molecule has 0 aliphatic carbocycles. The van der Waals surface area contributed by atoms with Gasteiger partial charge in [-0.2, -0.15) is 0 Å². The smallest absolute Gasteiger partial charge is 0.191 e. The molecule has 2 aromatic heterocycles. The minimum atomic E-state index is -0.632. The molecular weight excluding hydrogens is 347 g/mol. The van der Waals surface area contributed by atoms with E-state index in [1.54, 1.807) is 12.4 Å². The lowest BCUT2D eigenvalue weighted by Gasteiger charge is -2.18. The molecule has 1 aliphatic heterocycles. The molecule has 3 N–H and O–H groups in total. The summed E-state index contributed by atoms with van der Waals surface area (Å²) in [5.74, 6) is -0.267. The van der Waals surface area contributed by atoms with Crippen LogP contribution in [0.15, 0.2) is 41.5 Å². The fourth-order valence-electron chi connectivity index (χ4n) is 3.47. The molecule has 0 fully saturated rings. The normalized spacial score (nSPS) is 13.2. The molecule has 3 heterocycles. The van der Waals surface area contributed by atoms with Gasteiger partial charge in [0.05, 0.1) is 23.2 Å². The Morgan fingerprint density at radius 1 is 1.33 bits per heavy atom. The highest BCUT2D eigenvalue weighted by molar-refractivity contribution is 5.99. The highest BCUT2D eigenvalue weighted by atomic mass is 19.1. The summed E-state index contributed by atoms with van der Waals surface area (Å²) in [6.45, 7) is 1.68. The Balaban J connectivity index is 1.67. The number of aryl methyl sites for hydroxylation is 2. The van der Waals surface area contributed by atoms with Gasteiger partial charge in [-0.05, 0) is 31.4 Å². The topological polar surface area (TPSA) is 82.2 Å². The van der Waals surface area contributed by atoms with Crippen LogP contribution < -0.4 is 21.2 Å². The van der Waals surface area contributed by atoms with Crippen LogP contribution >= 0.6 is 0 Å². The molecule has 0 bridgehead atoms. The van der Waals surface area contributed by atoms with Gasteiger partial charge >= 0.3 is 0 Å². The van der Waals surface area contributed by atoms with Crippen molar-refractivity contribution in [3.63, 3.8) is 0 Å². The molecule has 0 radical (unpaired) electrons. The van der Waals surface area contributed by atoms with Gasteiger partial charge in [0.15, 0.2) is 17.0 Å². The van der Waals surface area contributed by atoms with Gasteiger partial charge in [-0.3, -0.25) is 9.78 Å². The van der Waals surface area contributed by atoms with Crippen molar-refractivity contribution in [2.24, 2.45) is 0 Å². The van der Waals surface area contributed by atoms with E-state index in [9.17, 15) is 9.18 Å². The molecule has 0 unspecified atom stereocenters. The fourth-order valence-corrected chi connectivity index (χ4v) is 3.47. The molecule has 1 aromatic carbocycles. The molecule has 3 aromatic rings. The number of aromatic nitrogens is 2. The maximum Gasteiger partial charge on any atom is 0.191 e. The molecule has 0 atom stereocenters. The summed E-state index contributed by atoms with van der Waals surface area (Å²) in [7, 11) is 0. The van der Waals surface area contributed by atoms with Crippen molar-refractivity contribution in [2.75, 3.05) is 24.2 Å². The second-order valence-electron chi connectivity index (χ2n) is 6.58. The van der Waals surface area contributed by atoms with Crippen molar-refractivity contribution in [2.45, 2.75) is 25.8 Å². The minimum Gasteiger partial charge on any atom is -0.489 e. The lowest BCUT2D eigenvalue weighted by molar-refractivity contribution is 0.316. The zero-order valence-electron chi connectivity index (χ0n) is 14.9. The Bertz CT molecular complexity index is 1030. The van der Waals surface area contributed by atoms with Crippen LogP contribution in [0.3, 0.4) is 0 Å². The quantitative estimate of drug-likeness (QED) is 0.534. The number of anilines is 2. The Morgan fingerprint density at radius 2 is 2.22 bits per heavy atom. The molecule has 7 heteroatoms. The van der Waals surface area contributed by atoms with Crippen molar-refractivity contribution >= 4 is 22.3 Å². The number of nitrogens with one attached hydrogen (secondary N) is 1. The molecule has 27 heavy (non-hydrogen) atoms. The average Bonchev–Trinajstić information content (AvgIpc) is 2.90. The van der Waals surface area contributed by atoms with E-state index in [0.717, 1.165) is 25.0 Å². The molecule has 0 spiro atoms. The van der Waals surface area contributed by atoms with Crippen molar-refractivity contribution in [3.05, 3.63) is 58.4 Å². The number of benzene rings is 1. The summed E-state index contributed by atoms with van der Waals surface area (Å²) >= 11 is 0. The summed E-state index contributed by atoms with van der Waals surface area (Å²) in [4.78, 5) is 16.6. The third-order valence-corrected chi connectivity index (χ3v) is 4.77. The molecule has 140 valence electrons. The van der Waals surface area contributed by atoms with E-state index in [1.165, 1.54) is 6.07 Å². The fraction of sp³-hybridized carbons (Fsp3) is 0.300. The molecule has 4 rings (SSSR count). The van der Waals surface area contributed by atoms with Crippen LogP contribution in [0.1, 0.15) is 18.5 Å². The van der Waals surface area contributed by atoms with E-state index in [4.69, 9.17) is 10.5 Å². The minimum absolute atomic E-state index is 0.133. The standard InChI is InChI=1S/C20H21FN4O2/c21-16-17(22)15-14(26)7-11-25-10-4-12-27-20(19(15)25)18(16)24-9-3-6-13-5-1-2-8-23-13/h1-2,5,7-8,11,24H,3-4,6,9-10,12,22H2. The number of nitrogen functional groups attached to an aromatic ring is 1. The van der Waals surface area contributed by atoms with Crippen LogP contribution in [0.2, 0.25) is 0 Å². The second kappa shape index (κ2) is 7.26. The third-order valence-electron chi connectivity index (χ3n) is 4.77. The lowest BCUT2D eigenvalue weighted by atomic mass is 10.1. The predicted molar refractivity (Wildman–Crippen MR) is 104 cm³/mol. The SMILES string of the molecule is Nc1c(F)c(NCCCc2ccccn2)c2c3c1c(=O)ccn3CCCO2. The van der Waals surface area contributed by atoms with E-state index >= 15 is 0 Å². The number of halogens is 1. The largest absolute Gasteiger partial charge is 0.489 e. The highest BCUT2D eigenvalue weighted by Crippen LogP contribution is 2.40. The second-order valence-corrected chi connectivity index (χ2v) is 6.58. The molecule has 1 aliphatic rings. The van der Waals surface area contributed by atoms with Gasteiger partial charge in [0.2, 0.25) is 0 Å². The van der Waals surface area contributed by atoms with Gasteiger partial charge < -0.3 is 20.4 Å². The summed E-state index contributed by atoms with van der Waals surface area (Å²) < 4.78 is 22.7. The maximum absolute atomic E-state index is 15.0. The van der Waals surface area contributed by atoms with Crippen molar-refractivity contribution < 1.29 is 9.13 Å². The molecule has 0 saturated heterocycles. The first-order valence-corrected chi connectivity index (χ1v) is 9.07. The Kier molecular flexibility index (Phi) is 4.66. The first-order valence-electron chi connectivity index (χ1n) is 9.07. The van der Waals surface area contributed by atoms with Crippen molar-refractivity contribution in [3.8, 4) is 5.75 Å². The Morgan fingerprint density at radius 3 is 3.04 bits per heavy atom. The van der Waals surface area contributed by atoms with Crippen LogP contribution in [0, 0.1) is 5.82 Å². The molecular formula is C20H21FN4O2. The molecule has 0 saturated carbocycles. The van der Waals surface area contributed by atoms with E-state index in [-0.39, 0.29) is 22.2 Å². The number of ether oxygens (including phenoxy) is 1. The zero-order valence-corrected chi connectivity index (χ0v) is 14.9. The zero-order chi connectivity index (χ0) is 18.8.